The van der Waals surface area contributed by atoms with E-state index in [9.17, 15) is 18.0 Å². The molecule has 0 saturated carbocycles. The van der Waals surface area contributed by atoms with E-state index in [2.05, 4.69) is 5.32 Å². The van der Waals surface area contributed by atoms with Crippen molar-refractivity contribution >= 4 is 38.3 Å². The number of sulfonamides is 1. The van der Waals surface area contributed by atoms with Crippen molar-refractivity contribution in [2.24, 2.45) is 0 Å². The Kier molecular flexibility index (Phi) is 6.62. The third-order valence-electron chi connectivity index (χ3n) is 5.31. The van der Waals surface area contributed by atoms with Crippen LogP contribution in [0.5, 0.6) is 0 Å². The Labute approximate surface area is 177 Å². The number of rotatable bonds is 6. The Morgan fingerprint density at radius 3 is 2.27 bits per heavy atom. The number of hydrogen-bond acceptors (Lipinski definition) is 5. The summed E-state index contributed by atoms with van der Waals surface area (Å²) in [4.78, 5) is 27.4. The van der Waals surface area contributed by atoms with Crippen LogP contribution in [0.4, 0.5) is 5.69 Å². The summed E-state index contributed by atoms with van der Waals surface area (Å²) in [5.74, 6) is -0.382. The minimum atomic E-state index is -3.70. The molecule has 2 aromatic rings. The van der Waals surface area contributed by atoms with E-state index in [0.29, 0.717) is 24.9 Å². The highest BCUT2D eigenvalue weighted by molar-refractivity contribution is 7.89. The van der Waals surface area contributed by atoms with Gasteiger partial charge in [0.15, 0.2) is 0 Å². The van der Waals surface area contributed by atoms with Crippen LogP contribution in [0.3, 0.4) is 0 Å². The second-order valence-corrected chi connectivity index (χ2v) is 9.34. The second kappa shape index (κ2) is 9.01. The van der Waals surface area contributed by atoms with Gasteiger partial charge in [0, 0.05) is 63.2 Å². The van der Waals surface area contributed by atoms with E-state index in [-0.39, 0.29) is 36.3 Å². The molecule has 0 radical (unpaired) electrons. The SMILES string of the molecule is CCC(=O)NCC(=O)N1CCN(S(=O)(=O)c2cccc3c(N(C)C)cccc23)CC1. The third-order valence-corrected chi connectivity index (χ3v) is 7.26. The van der Waals surface area contributed by atoms with Gasteiger partial charge in [-0.3, -0.25) is 9.59 Å². The molecule has 1 saturated heterocycles. The van der Waals surface area contributed by atoms with Gasteiger partial charge in [-0.15, -0.1) is 0 Å². The Morgan fingerprint density at radius 1 is 1.00 bits per heavy atom. The summed E-state index contributed by atoms with van der Waals surface area (Å²) >= 11 is 0. The number of piperazine rings is 1. The standard InChI is InChI=1S/C21H28N4O4S/c1-4-20(26)22-15-21(27)24-11-13-25(14-12-24)30(28,29)19-10-6-7-16-17(19)8-5-9-18(16)23(2)3/h5-10H,4,11-15H2,1-3H3,(H,22,26). The van der Waals surface area contributed by atoms with Gasteiger partial charge in [-0.2, -0.15) is 4.31 Å². The van der Waals surface area contributed by atoms with E-state index in [4.69, 9.17) is 0 Å². The maximum atomic E-state index is 13.4. The number of fused-ring (bicyclic) bond motifs is 1. The first-order chi connectivity index (χ1) is 14.3. The summed E-state index contributed by atoms with van der Waals surface area (Å²) in [6.07, 6.45) is 0.319. The van der Waals surface area contributed by atoms with Crippen molar-refractivity contribution in [3.05, 3.63) is 36.4 Å². The summed E-state index contributed by atoms with van der Waals surface area (Å²) in [7, 11) is 0.149. The molecule has 3 rings (SSSR count). The van der Waals surface area contributed by atoms with E-state index >= 15 is 0 Å². The van der Waals surface area contributed by atoms with Gasteiger partial charge in [0.05, 0.1) is 11.4 Å². The number of anilines is 1. The predicted octanol–water partition coefficient (Wildman–Crippen LogP) is 1.26. The molecule has 1 heterocycles. The van der Waals surface area contributed by atoms with E-state index in [1.54, 1.807) is 24.0 Å². The Hall–Kier alpha value is -2.65. The van der Waals surface area contributed by atoms with Crippen LogP contribution in [0.25, 0.3) is 10.8 Å². The number of nitrogens with zero attached hydrogens (tertiary/aromatic N) is 3. The van der Waals surface area contributed by atoms with Gasteiger partial charge < -0.3 is 15.1 Å². The molecule has 2 amide bonds. The number of hydrogen-bond donors (Lipinski definition) is 1. The molecule has 0 aliphatic carbocycles. The van der Waals surface area contributed by atoms with Crippen LogP contribution in [0, 0.1) is 0 Å². The summed E-state index contributed by atoms with van der Waals surface area (Å²) in [5, 5.41) is 4.13. The molecular formula is C21H28N4O4S. The molecule has 162 valence electrons. The molecule has 9 heteroatoms. The average Bonchev–Trinajstić information content (AvgIpc) is 2.76. The molecular weight excluding hydrogens is 404 g/mol. The van der Waals surface area contributed by atoms with Crippen LogP contribution < -0.4 is 10.2 Å². The minimum Gasteiger partial charge on any atom is -0.377 e. The van der Waals surface area contributed by atoms with Crippen LogP contribution in [0.2, 0.25) is 0 Å². The lowest BCUT2D eigenvalue weighted by Crippen LogP contribution is -2.52. The summed E-state index contributed by atoms with van der Waals surface area (Å²) in [5.41, 5.74) is 0.953. The van der Waals surface area contributed by atoms with E-state index in [1.165, 1.54) is 4.31 Å². The van der Waals surface area contributed by atoms with Gasteiger partial charge in [-0.25, -0.2) is 8.42 Å². The fourth-order valence-corrected chi connectivity index (χ4v) is 5.24. The molecule has 1 aliphatic rings. The average molecular weight is 433 g/mol. The molecule has 0 unspecified atom stereocenters. The van der Waals surface area contributed by atoms with Gasteiger partial charge in [0.1, 0.15) is 0 Å². The zero-order chi connectivity index (χ0) is 21.9. The maximum Gasteiger partial charge on any atom is 0.243 e. The fraction of sp³-hybridized carbons (Fsp3) is 0.429. The molecule has 2 aromatic carbocycles. The van der Waals surface area contributed by atoms with Crippen molar-refractivity contribution in [1.29, 1.82) is 0 Å². The number of nitrogens with one attached hydrogen (secondary N) is 1. The maximum absolute atomic E-state index is 13.4. The third kappa shape index (κ3) is 4.41. The Bertz CT molecular complexity index is 1040. The predicted molar refractivity (Wildman–Crippen MR) is 117 cm³/mol. The summed E-state index contributed by atoms with van der Waals surface area (Å²) < 4.78 is 28.2. The second-order valence-electron chi connectivity index (χ2n) is 7.44. The summed E-state index contributed by atoms with van der Waals surface area (Å²) in [6.45, 7) is 2.70. The first-order valence-electron chi connectivity index (χ1n) is 9.99. The largest absolute Gasteiger partial charge is 0.377 e. The molecule has 1 N–H and O–H groups in total. The van der Waals surface area contributed by atoms with Gasteiger partial charge >= 0.3 is 0 Å². The molecule has 30 heavy (non-hydrogen) atoms. The van der Waals surface area contributed by atoms with Crippen LogP contribution in [0.15, 0.2) is 41.3 Å². The first kappa shape index (κ1) is 22.0. The monoisotopic (exact) mass is 432 g/mol. The number of carbonyl (C=O) groups excluding carboxylic acids is 2. The fourth-order valence-electron chi connectivity index (χ4n) is 3.61. The van der Waals surface area contributed by atoms with Crippen LogP contribution >= 0.6 is 0 Å². The summed E-state index contributed by atoms with van der Waals surface area (Å²) in [6, 6.07) is 11.0. The lowest BCUT2D eigenvalue weighted by atomic mass is 10.1. The minimum absolute atomic E-state index is 0.0595. The van der Waals surface area contributed by atoms with Gasteiger partial charge in [0.25, 0.3) is 0 Å². The highest BCUT2D eigenvalue weighted by Crippen LogP contribution is 2.31. The van der Waals surface area contributed by atoms with E-state index < -0.39 is 10.0 Å². The molecule has 1 aliphatic heterocycles. The highest BCUT2D eigenvalue weighted by atomic mass is 32.2. The highest BCUT2D eigenvalue weighted by Gasteiger charge is 2.31. The topological polar surface area (TPSA) is 90.0 Å². The lowest BCUT2D eigenvalue weighted by Gasteiger charge is -2.34. The molecule has 0 atom stereocenters. The van der Waals surface area contributed by atoms with Gasteiger partial charge in [-0.1, -0.05) is 31.2 Å². The van der Waals surface area contributed by atoms with Gasteiger partial charge in [-0.05, 0) is 12.1 Å². The zero-order valence-corrected chi connectivity index (χ0v) is 18.4. The van der Waals surface area contributed by atoms with Crippen LogP contribution in [-0.2, 0) is 19.6 Å². The first-order valence-corrected chi connectivity index (χ1v) is 11.4. The normalized spacial score (nSPS) is 15.2. The number of amides is 2. The Balaban J connectivity index is 1.77. The van der Waals surface area contributed by atoms with E-state index in [1.807, 2.05) is 43.3 Å². The number of benzene rings is 2. The van der Waals surface area contributed by atoms with Crippen LogP contribution in [-0.4, -0.2) is 76.3 Å². The zero-order valence-electron chi connectivity index (χ0n) is 17.6. The molecule has 1 fully saturated rings. The molecule has 8 nitrogen and oxygen atoms in total. The van der Waals surface area contributed by atoms with Crippen molar-refractivity contribution in [3.8, 4) is 0 Å². The van der Waals surface area contributed by atoms with Crippen molar-refractivity contribution in [3.63, 3.8) is 0 Å². The van der Waals surface area contributed by atoms with Crippen molar-refractivity contribution in [2.45, 2.75) is 18.2 Å². The van der Waals surface area contributed by atoms with Crippen molar-refractivity contribution in [2.75, 3.05) is 51.7 Å². The van der Waals surface area contributed by atoms with Crippen LogP contribution in [0.1, 0.15) is 13.3 Å². The lowest BCUT2D eigenvalue weighted by molar-refractivity contribution is -0.133. The smallest absolute Gasteiger partial charge is 0.243 e. The molecule has 0 bridgehead atoms. The van der Waals surface area contributed by atoms with Crippen molar-refractivity contribution in [1.82, 2.24) is 14.5 Å². The quantitative estimate of drug-likeness (QED) is 0.742. The Morgan fingerprint density at radius 2 is 1.63 bits per heavy atom. The molecule has 0 spiro atoms. The van der Waals surface area contributed by atoms with Gasteiger partial charge in [0.2, 0.25) is 21.8 Å². The number of carbonyl (C=O) groups is 2. The van der Waals surface area contributed by atoms with E-state index in [0.717, 1.165) is 11.1 Å². The molecule has 0 aromatic heterocycles. The van der Waals surface area contributed by atoms with Crippen molar-refractivity contribution < 1.29 is 18.0 Å².